The molecular formula is C10H16N2OS. The molecule has 14 heavy (non-hydrogen) atoms. The summed E-state index contributed by atoms with van der Waals surface area (Å²) >= 11 is 5.16. The Bertz CT molecular complexity index is 369. The van der Waals surface area contributed by atoms with E-state index in [1.807, 2.05) is 13.8 Å². The molecule has 0 aliphatic heterocycles. The van der Waals surface area contributed by atoms with E-state index >= 15 is 0 Å². The predicted octanol–water partition coefficient (Wildman–Crippen LogP) is 2.85. The third kappa shape index (κ3) is 2.19. The van der Waals surface area contributed by atoms with Gasteiger partial charge in [0.1, 0.15) is 16.6 Å². The monoisotopic (exact) mass is 212 g/mol. The van der Waals surface area contributed by atoms with Gasteiger partial charge in [-0.15, -0.1) is 0 Å². The Kier molecular flexibility index (Phi) is 3.77. The highest BCUT2D eigenvalue weighted by molar-refractivity contribution is 7.71. The molecule has 1 atom stereocenters. The highest BCUT2D eigenvalue weighted by Crippen LogP contribution is 2.17. The van der Waals surface area contributed by atoms with Gasteiger partial charge in [-0.2, -0.15) is 0 Å². The van der Waals surface area contributed by atoms with E-state index in [9.17, 15) is 0 Å². The van der Waals surface area contributed by atoms with E-state index in [4.69, 9.17) is 17.0 Å². The number of nitrogens with one attached hydrogen (secondary N) is 1. The molecule has 1 rings (SSSR count). The summed E-state index contributed by atoms with van der Waals surface area (Å²) in [6, 6.07) is 0. The maximum Gasteiger partial charge on any atom is 0.137 e. The van der Waals surface area contributed by atoms with E-state index in [-0.39, 0.29) is 6.10 Å². The SMILES string of the molecule is CCC(OC)c1nc(=S)c(C)c(C)[nH]1. The number of aromatic nitrogens is 2. The maximum atomic E-state index is 5.30. The van der Waals surface area contributed by atoms with Gasteiger partial charge in [0.2, 0.25) is 0 Å². The normalized spacial score (nSPS) is 12.9. The number of rotatable bonds is 3. The molecule has 0 saturated heterocycles. The molecule has 1 heterocycles. The van der Waals surface area contributed by atoms with Crippen molar-refractivity contribution in [1.29, 1.82) is 0 Å². The van der Waals surface area contributed by atoms with Crippen LogP contribution in [0.4, 0.5) is 0 Å². The molecule has 0 fully saturated rings. The fourth-order valence-electron chi connectivity index (χ4n) is 1.29. The van der Waals surface area contributed by atoms with Crippen LogP contribution in [0.15, 0.2) is 0 Å². The van der Waals surface area contributed by atoms with Gasteiger partial charge in [-0.1, -0.05) is 19.1 Å². The van der Waals surface area contributed by atoms with Crippen LogP contribution in [0.2, 0.25) is 0 Å². The lowest BCUT2D eigenvalue weighted by Crippen LogP contribution is -2.08. The van der Waals surface area contributed by atoms with Crippen molar-refractivity contribution in [2.75, 3.05) is 7.11 Å². The van der Waals surface area contributed by atoms with E-state index in [1.54, 1.807) is 7.11 Å². The van der Waals surface area contributed by atoms with Crippen molar-refractivity contribution in [1.82, 2.24) is 9.97 Å². The zero-order chi connectivity index (χ0) is 10.7. The number of nitrogens with zero attached hydrogens (tertiary/aromatic N) is 1. The smallest absolute Gasteiger partial charge is 0.137 e. The molecule has 0 aliphatic carbocycles. The minimum absolute atomic E-state index is 0.0102. The van der Waals surface area contributed by atoms with E-state index < -0.39 is 0 Å². The van der Waals surface area contributed by atoms with E-state index in [0.29, 0.717) is 4.64 Å². The molecule has 4 heteroatoms. The summed E-state index contributed by atoms with van der Waals surface area (Å²) in [4.78, 5) is 7.53. The summed E-state index contributed by atoms with van der Waals surface area (Å²) in [6.45, 7) is 6.03. The van der Waals surface area contributed by atoms with Crippen LogP contribution in [0.5, 0.6) is 0 Å². The van der Waals surface area contributed by atoms with E-state index in [1.165, 1.54) is 0 Å². The highest BCUT2D eigenvalue weighted by Gasteiger charge is 2.11. The van der Waals surface area contributed by atoms with E-state index in [0.717, 1.165) is 23.5 Å². The Morgan fingerprint density at radius 1 is 1.50 bits per heavy atom. The molecule has 0 aliphatic rings. The number of hydrogen-bond donors (Lipinski definition) is 1. The lowest BCUT2D eigenvalue weighted by atomic mass is 10.2. The van der Waals surface area contributed by atoms with Crippen molar-refractivity contribution < 1.29 is 4.74 Å². The summed E-state index contributed by atoms with van der Waals surface area (Å²) in [6.07, 6.45) is 0.896. The molecule has 1 aromatic heterocycles. The van der Waals surface area contributed by atoms with Gasteiger partial charge >= 0.3 is 0 Å². The molecule has 0 spiro atoms. The van der Waals surface area contributed by atoms with Gasteiger partial charge in [0, 0.05) is 18.4 Å². The van der Waals surface area contributed by atoms with Crippen LogP contribution in [-0.4, -0.2) is 17.1 Å². The number of aryl methyl sites for hydroxylation is 1. The quantitative estimate of drug-likeness (QED) is 0.783. The van der Waals surface area contributed by atoms with Crippen molar-refractivity contribution >= 4 is 12.2 Å². The minimum atomic E-state index is 0.0102. The molecule has 0 aromatic carbocycles. The Hall–Kier alpha value is -0.740. The first-order chi connectivity index (χ1) is 6.60. The molecule has 1 aromatic rings. The first-order valence-electron chi connectivity index (χ1n) is 4.70. The number of aromatic amines is 1. The predicted molar refractivity (Wildman–Crippen MR) is 58.9 cm³/mol. The van der Waals surface area contributed by atoms with Crippen molar-refractivity contribution in [3.8, 4) is 0 Å². The number of methoxy groups -OCH3 is 1. The van der Waals surface area contributed by atoms with Gasteiger partial charge in [-0.05, 0) is 20.3 Å². The number of H-pyrrole nitrogens is 1. The van der Waals surface area contributed by atoms with Gasteiger partial charge in [-0.3, -0.25) is 0 Å². The van der Waals surface area contributed by atoms with Crippen LogP contribution in [0.3, 0.4) is 0 Å². The highest BCUT2D eigenvalue weighted by atomic mass is 32.1. The molecular weight excluding hydrogens is 196 g/mol. The average Bonchev–Trinajstić information content (AvgIpc) is 2.16. The van der Waals surface area contributed by atoms with Crippen molar-refractivity contribution in [3.63, 3.8) is 0 Å². The van der Waals surface area contributed by atoms with Crippen LogP contribution in [0.25, 0.3) is 0 Å². The second-order valence-corrected chi connectivity index (χ2v) is 3.70. The lowest BCUT2D eigenvalue weighted by molar-refractivity contribution is 0.0923. The third-order valence-electron chi connectivity index (χ3n) is 2.38. The summed E-state index contributed by atoms with van der Waals surface area (Å²) < 4.78 is 5.95. The van der Waals surface area contributed by atoms with Crippen molar-refractivity contribution in [2.45, 2.75) is 33.3 Å². The number of hydrogen-bond acceptors (Lipinski definition) is 3. The van der Waals surface area contributed by atoms with Crippen LogP contribution >= 0.6 is 12.2 Å². The van der Waals surface area contributed by atoms with Gasteiger partial charge in [0.25, 0.3) is 0 Å². The molecule has 0 amide bonds. The molecule has 0 radical (unpaired) electrons. The Morgan fingerprint density at radius 3 is 2.57 bits per heavy atom. The third-order valence-corrected chi connectivity index (χ3v) is 2.78. The Morgan fingerprint density at radius 2 is 2.14 bits per heavy atom. The lowest BCUT2D eigenvalue weighted by Gasteiger charge is -2.13. The zero-order valence-electron chi connectivity index (χ0n) is 9.05. The van der Waals surface area contributed by atoms with Crippen LogP contribution < -0.4 is 0 Å². The fraction of sp³-hybridized carbons (Fsp3) is 0.600. The van der Waals surface area contributed by atoms with Crippen LogP contribution in [0.1, 0.15) is 36.5 Å². The summed E-state index contributed by atoms with van der Waals surface area (Å²) in [5.74, 6) is 0.822. The largest absolute Gasteiger partial charge is 0.374 e. The van der Waals surface area contributed by atoms with Gasteiger partial charge in [-0.25, -0.2) is 4.98 Å². The summed E-state index contributed by atoms with van der Waals surface area (Å²) in [5.41, 5.74) is 2.10. The molecule has 0 bridgehead atoms. The molecule has 1 N–H and O–H groups in total. The van der Waals surface area contributed by atoms with Crippen LogP contribution in [-0.2, 0) is 4.74 Å². The molecule has 0 saturated carbocycles. The minimum Gasteiger partial charge on any atom is -0.374 e. The second kappa shape index (κ2) is 4.66. The van der Waals surface area contributed by atoms with Gasteiger partial charge in [0.05, 0.1) is 0 Å². The van der Waals surface area contributed by atoms with Crippen molar-refractivity contribution in [3.05, 3.63) is 21.7 Å². The maximum absolute atomic E-state index is 5.30. The topological polar surface area (TPSA) is 37.9 Å². The number of ether oxygens (including phenoxy) is 1. The van der Waals surface area contributed by atoms with Crippen molar-refractivity contribution in [2.24, 2.45) is 0 Å². The van der Waals surface area contributed by atoms with E-state index in [2.05, 4.69) is 16.9 Å². The molecule has 78 valence electrons. The van der Waals surface area contributed by atoms with Gasteiger partial charge < -0.3 is 9.72 Å². The molecule has 3 nitrogen and oxygen atoms in total. The first-order valence-corrected chi connectivity index (χ1v) is 5.11. The first kappa shape index (κ1) is 11.3. The molecule has 1 unspecified atom stereocenters. The average molecular weight is 212 g/mol. The Labute approximate surface area is 89.5 Å². The summed E-state index contributed by atoms with van der Waals surface area (Å²) in [7, 11) is 1.68. The summed E-state index contributed by atoms with van der Waals surface area (Å²) in [5, 5.41) is 0. The zero-order valence-corrected chi connectivity index (χ0v) is 9.86. The van der Waals surface area contributed by atoms with Gasteiger partial charge in [0.15, 0.2) is 0 Å². The standard InChI is InChI=1S/C10H16N2OS/c1-5-8(13-4)9-11-7(3)6(2)10(14)12-9/h8H,5H2,1-4H3,(H,11,12,14). The Balaban J connectivity index is 3.18. The second-order valence-electron chi connectivity index (χ2n) is 3.31. The fourth-order valence-corrected chi connectivity index (χ4v) is 1.54. The van der Waals surface area contributed by atoms with Crippen LogP contribution in [0, 0.1) is 18.5 Å².